The minimum Gasteiger partial charge on any atom is -0.486 e. The average Bonchev–Trinajstić information content (AvgIpc) is 2.35. The number of hydrogen-bond donors (Lipinski definition) is 2. The van der Waals surface area contributed by atoms with Crippen LogP contribution >= 0.6 is 0 Å². The lowest BCUT2D eigenvalue weighted by Crippen LogP contribution is -2.46. The van der Waals surface area contributed by atoms with Gasteiger partial charge in [-0.3, -0.25) is 0 Å². The Balaban J connectivity index is 2.06. The molecule has 0 spiro atoms. The zero-order valence-electron chi connectivity index (χ0n) is 9.35. The summed E-state index contributed by atoms with van der Waals surface area (Å²) in [6.45, 7) is 0.662. The summed E-state index contributed by atoms with van der Waals surface area (Å²) >= 11 is 0. The first-order valence-corrected chi connectivity index (χ1v) is 5.51. The molecule has 0 saturated heterocycles. The molecule has 2 rings (SSSR count). The van der Waals surface area contributed by atoms with Crippen LogP contribution in [0.2, 0.25) is 0 Å². The van der Waals surface area contributed by atoms with Crippen molar-refractivity contribution in [2.24, 2.45) is 0 Å². The van der Waals surface area contributed by atoms with Crippen LogP contribution in [0, 0.1) is 0 Å². The SMILES string of the molecule is CN[C@@H](CCO)[C@@H]1COc2ccccc2O1. The van der Waals surface area contributed by atoms with E-state index in [0.717, 1.165) is 11.5 Å². The summed E-state index contributed by atoms with van der Waals surface area (Å²) in [5.41, 5.74) is 0. The highest BCUT2D eigenvalue weighted by Crippen LogP contribution is 2.31. The van der Waals surface area contributed by atoms with Crippen LogP contribution in [0.15, 0.2) is 24.3 Å². The Morgan fingerprint density at radius 1 is 1.44 bits per heavy atom. The molecule has 0 aliphatic carbocycles. The van der Waals surface area contributed by atoms with Gasteiger partial charge in [0, 0.05) is 12.6 Å². The normalized spacial score (nSPS) is 20.5. The smallest absolute Gasteiger partial charge is 0.161 e. The van der Waals surface area contributed by atoms with E-state index in [0.29, 0.717) is 13.0 Å². The molecule has 0 fully saturated rings. The molecule has 1 aliphatic heterocycles. The number of rotatable bonds is 4. The van der Waals surface area contributed by atoms with E-state index < -0.39 is 0 Å². The zero-order chi connectivity index (χ0) is 11.4. The van der Waals surface area contributed by atoms with Crippen molar-refractivity contribution in [3.05, 3.63) is 24.3 Å². The van der Waals surface area contributed by atoms with Crippen molar-refractivity contribution in [2.45, 2.75) is 18.6 Å². The third-order valence-electron chi connectivity index (χ3n) is 2.79. The summed E-state index contributed by atoms with van der Waals surface area (Å²) in [5.74, 6) is 1.56. The van der Waals surface area contributed by atoms with Crippen molar-refractivity contribution in [3.8, 4) is 11.5 Å². The van der Waals surface area contributed by atoms with E-state index in [9.17, 15) is 0 Å². The molecule has 88 valence electrons. The number of nitrogens with one attached hydrogen (secondary N) is 1. The molecule has 4 nitrogen and oxygen atoms in total. The number of likely N-dealkylation sites (N-methyl/N-ethyl adjacent to an activating group) is 1. The fraction of sp³-hybridized carbons (Fsp3) is 0.500. The number of aliphatic hydroxyl groups is 1. The molecule has 4 heteroatoms. The highest BCUT2D eigenvalue weighted by Gasteiger charge is 2.27. The minimum absolute atomic E-state index is 0.0490. The van der Waals surface area contributed by atoms with E-state index in [1.54, 1.807) is 0 Å². The van der Waals surface area contributed by atoms with Crippen molar-refractivity contribution >= 4 is 0 Å². The first-order valence-electron chi connectivity index (χ1n) is 5.51. The summed E-state index contributed by atoms with van der Waals surface area (Å²) in [6.07, 6.45) is 0.610. The van der Waals surface area contributed by atoms with Crippen LogP contribution in [0.5, 0.6) is 11.5 Å². The Morgan fingerprint density at radius 3 is 2.88 bits per heavy atom. The number of ether oxygens (including phenoxy) is 2. The first-order chi connectivity index (χ1) is 7.85. The van der Waals surface area contributed by atoms with E-state index in [1.807, 2.05) is 31.3 Å². The van der Waals surface area contributed by atoms with Gasteiger partial charge in [0.1, 0.15) is 12.7 Å². The summed E-state index contributed by atoms with van der Waals surface area (Å²) in [4.78, 5) is 0. The number of aliphatic hydroxyl groups excluding tert-OH is 1. The van der Waals surface area contributed by atoms with Gasteiger partial charge in [-0.15, -0.1) is 0 Å². The topological polar surface area (TPSA) is 50.7 Å². The fourth-order valence-corrected chi connectivity index (χ4v) is 1.89. The fourth-order valence-electron chi connectivity index (χ4n) is 1.89. The monoisotopic (exact) mass is 223 g/mol. The highest BCUT2D eigenvalue weighted by molar-refractivity contribution is 5.40. The first kappa shape index (κ1) is 11.2. The lowest BCUT2D eigenvalue weighted by atomic mass is 10.1. The Morgan fingerprint density at radius 2 is 2.19 bits per heavy atom. The highest BCUT2D eigenvalue weighted by atomic mass is 16.6. The van der Waals surface area contributed by atoms with Gasteiger partial charge in [0.25, 0.3) is 0 Å². The summed E-state index contributed by atoms with van der Waals surface area (Å²) in [7, 11) is 1.87. The minimum atomic E-state index is -0.0490. The Bertz CT molecular complexity index is 343. The van der Waals surface area contributed by atoms with Crippen molar-refractivity contribution < 1.29 is 14.6 Å². The van der Waals surface area contributed by atoms with Gasteiger partial charge >= 0.3 is 0 Å². The van der Waals surface area contributed by atoms with Gasteiger partial charge in [0.2, 0.25) is 0 Å². The van der Waals surface area contributed by atoms with Gasteiger partial charge in [-0.05, 0) is 25.6 Å². The lowest BCUT2D eigenvalue weighted by Gasteiger charge is -2.31. The molecule has 0 amide bonds. The van der Waals surface area contributed by atoms with Gasteiger partial charge in [-0.25, -0.2) is 0 Å². The molecule has 1 aromatic rings. The molecule has 0 aromatic heterocycles. The van der Waals surface area contributed by atoms with E-state index >= 15 is 0 Å². The van der Waals surface area contributed by atoms with E-state index in [2.05, 4.69) is 5.32 Å². The van der Waals surface area contributed by atoms with Crippen molar-refractivity contribution in [2.75, 3.05) is 20.3 Å². The maximum atomic E-state index is 8.96. The predicted octanol–water partition coefficient (Wildman–Crippen LogP) is 0.797. The molecule has 2 atom stereocenters. The van der Waals surface area contributed by atoms with E-state index in [1.165, 1.54) is 0 Å². The second-order valence-electron chi connectivity index (χ2n) is 3.82. The largest absolute Gasteiger partial charge is 0.486 e. The quantitative estimate of drug-likeness (QED) is 0.792. The van der Waals surface area contributed by atoms with Crippen LogP contribution in [0.3, 0.4) is 0 Å². The molecule has 0 bridgehead atoms. The lowest BCUT2D eigenvalue weighted by molar-refractivity contribution is 0.0562. The molecule has 1 aromatic carbocycles. The van der Waals surface area contributed by atoms with Crippen molar-refractivity contribution in [1.82, 2.24) is 5.32 Å². The second kappa shape index (κ2) is 5.18. The maximum Gasteiger partial charge on any atom is 0.161 e. The van der Waals surface area contributed by atoms with Gasteiger partial charge in [0.15, 0.2) is 11.5 Å². The van der Waals surface area contributed by atoms with Gasteiger partial charge in [-0.1, -0.05) is 12.1 Å². The molecule has 16 heavy (non-hydrogen) atoms. The number of hydrogen-bond acceptors (Lipinski definition) is 4. The maximum absolute atomic E-state index is 8.96. The molecule has 0 saturated carbocycles. The zero-order valence-corrected chi connectivity index (χ0v) is 9.35. The second-order valence-corrected chi connectivity index (χ2v) is 3.82. The van der Waals surface area contributed by atoms with Gasteiger partial charge in [0.05, 0.1) is 0 Å². The Labute approximate surface area is 95.2 Å². The van der Waals surface area contributed by atoms with Gasteiger partial charge < -0.3 is 19.9 Å². The van der Waals surface area contributed by atoms with Crippen LogP contribution in [0.1, 0.15) is 6.42 Å². The number of para-hydroxylation sites is 2. The average molecular weight is 223 g/mol. The third-order valence-corrected chi connectivity index (χ3v) is 2.79. The van der Waals surface area contributed by atoms with E-state index in [-0.39, 0.29) is 18.8 Å². The van der Waals surface area contributed by atoms with Crippen LogP contribution in [-0.4, -0.2) is 37.5 Å². The Kier molecular flexibility index (Phi) is 3.64. The predicted molar refractivity (Wildman–Crippen MR) is 60.9 cm³/mol. The van der Waals surface area contributed by atoms with Crippen LogP contribution in [-0.2, 0) is 0 Å². The molecule has 2 N–H and O–H groups in total. The van der Waals surface area contributed by atoms with Crippen LogP contribution < -0.4 is 14.8 Å². The van der Waals surface area contributed by atoms with Crippen molar-refractivity contribution in [1.29, 1.82) is 0 Å². The molecular formula is C12H17NO3. The molecule has 1 heterocycles. The summed E-state index contributed by atoms with van der Waals surface area (Å²) in [6, 6.07) is 7.74. The molecular weight excluding hydrogens is 206 g/mol. The Hall–Kier alpha value is -1.26. The molecule has 0 radical (unpaired) electrons. The van der Waals surface area contributed by atoms with Crippen LogP contribution in [0.4, 0.5) is 0 Å². The standard InChI is InChI=1S/C12H17NO3/c1-13-9(6-7-14)12-8-15-10-4-2-3-5-11(10)16-12/h2-5,9,12-14H,6-8H2,1H3/t9-,12-/m0/s1. The van der Waals surface area contributed by atoms with E-state index in [4.69, 9.17) is 14.6 Å². The summed E-state index contributed by atoms with van der Waals surface area (Å²) < 4.78 is 11.5. The molecule has 0 unspecified atom stereocenters. The third kappa shape index (κ3) is 2.28. The van der Waals surface area contributed by atoms with Crippen molar-refractivity contribution in [3.63, 3.8) is 0 Å². The molecule has 1 aliphatic rings. The van der Waals surface area contributed by atoms with Gasteiger partial charge in [-0.2, -0.15) is 0 Å². The number of fused-ring (bicyclic) bond motifs is 1. The summed E-state index contributed by atoms with van der Waals surface area (Å²) in [5, 5.41) is 12.1. The van der Waals surface area contributed by atoms with Crippen LogP contribution in [0.25, 0.3) is 0 Å². The number of benzene rings is 1.